The number of sulfonamides is 1. The number of rotatable bonds is 6. The second kappa shape index (κ2) is 6.29. The minimum absolute atomic E-state index is 0.299. The van der Waals surface area contributed by atoms with Gasteiger partial charge in [0.25, 0.3) is 0 Å². The molecule has 0 atom stereocenters. The SMILES string of the molecule is NCCc1ccc(S(=O)(=O)NCc2ccccc2)s1. The fourth-order valence-electron chi connectivity index (χ4n) is 1.62. The van der Waals surface area contributed by atoms with Crippen LogP contribution in [0.25, 0.3) is 0 Å². The zero-order valence-electron chi connectivity index (χ0n) is 10.4. The molecule has 4 nitrogen and oxygen atoms in total. The third-order valence-corrected chi connectivity index (χ3v) is 5.64. The molecular formula is C13H16N2O2S2. The molecule has 0 bridgehead atoms. The molecule has 1 aromatic carbocycles. The summed E-state index contributed by atoms with van der Waals surface area (Å²) in [6.45, 7) is 0.824. The highest BCUT2D eigenvalue weighted by Crippen LogP contribution is 2.21. The Morgan fingerprint density at radius 2 is 1.84 bits per heavy atom. The van der Waals surface area contributed by atoms with Crippen LogP contribution in [-0.4, -0.2) is 15.0 Å². The van der Waals surface area contributed by atoms with Gasteiger partial charge in [-0.15, -0.1) is 11.3 Å². The molecule has 0 aliphatic rings. The highest BCUT2D eigenvalue weighted by atomic mass is 32.2. The van der Waals surface area contributed by atoms with Crippen LogP contribution in [0.5, 0.6) is 0 Å². The van der Waals surface area contributed by atoms with Gasteiger partial charge in [-0.3, -0.25) is 0 Å². The van der Waals surface area contributed by atoms with Crippen LogP contribution in [0.1, 0.15) is 10.4 Å². The topological polar surface area (TPSA) is 72.2 Å². The largest absolute Gasteiger partial charge is 0.330 e. The van der Waals surface area contributed by atoms with Crippen molar-refractivity contribution in [3.8, 4) is 0 Å². The van der Waals surface area contributed by atoms with Crippen molar-refractivity contribution in [3.05, 3.63) is 52.9 Å². The molecule has 102 valence electrons. The van der Waals surface area contributed by atoms with E-state index in [0.29, 0.717) is 23.7 Å². The van der Waals surface area contributed by atoms with Gasteiger partial charge in [-0.25, -0.2) is 13.1 Å². The van der Waals surface area contributed by atoms with Crippen LogP contribution in [0.2, 0.25) is 0 Å². The first kappa shape index (κ1) is 14.2. The second-order valence-electron chi connectivity index (χ2n) is 4.07. The first-order valence-electron chi connectivity index (χ1n) is 5.94. The third-order valence-electron chi connectivity index (χ3n) is 2.60. The van der Waals surface area contributed by atoms with E-state index in [1.54, 1.807) is 6.07 Å². The Hall–Kier alpha value is -1.21. The molecule has 0 saturated heterocycles. The van der Waals surface area contributed by atoms with Gasteiger partial charge >= 0.3 is 0 Å². The van der Waals surface area contributed by atoms with E-state index in [9.17, 15) is 8.42 Å². The van der Waals surface area contributed by atoms with Crippen LogP contribution in [0, 0.1) is 0 Å². The summed E-state index contributed by atoms with van der Waals surface area (Å²) in [4.78, 5) is 0.989. The molecule has 0 fully saturated rings. The van der Waals surface area contributed by atoms with Gasteiger partial charge in [0.05, 0.1) is 0 Å². The molecule has 3 N–H and O–H groups in total. The lowest BCUT2D eigenvalue weighted by atomic mass is 10.2. The Balaban J connectivity index is 2.05. The summed E-state index contributed by atoms with van der Waals surface area (Å²) in [6.07, 6.45) is 0.707. The molecule has 19 heavy (non-hydrogen) atoms. The Labute approximate surface area is 117 Å². The van der Waals surface area contributed by atoms with Gasteiger partial charge in [0.15, 0.2) is 0 Å². The maximum atomic E-state index is 12.1. The van der Waals surface area contributed by atoms with Gasteiger partial charge in [-0.05, 0) is 30.7 Å². The predicted molar refractivity (Wildman–Crippen MR) is 77.5 cm³/mol. The lowest BCUT2D eigenvalue weighted by molar-refractivity contribution is 0.583. The van der Waals surface area contributed by atoms with Crippen molar-refractivity contribution >= 4 is 21.4 Å². The zero-order valence-corrected chi connectivity index (χ0v) is 12.0. The quantitative estimate of drug-likeness (QED) is 0.852. The number of hydrogen-bond acceptors (Lipinski definition) is 4. The second-order valence-corrected chi connectivity index (χ2v) is 7.23. The van der Waals surface area contributed by atoms with Crippen molar-refractivity contribution in [2.75, 3.05) is 6.54 Å². The molecule has 1 heterocycles. The molecule has 0 aliphatic heterocycles. The number of thiophene rings is 1. The molecule has 0 unspecified atom stereocenters. The molecule has 0 spiro atoms. The van der Waals surface area contributed by atoms with E-state index in [1.165, 1.54) is 11.3 Å². The summed E-state index contributed by atoms with van der Waals surface area (Å²) < 4.78 is 27.1. The van der Waals surface area contributed by atoms with Crippen molar-refractivity contribution in [1.29, 1.82) is 0 Å². The van der Waals surface area contributed by atoms with E-state index < -0.39 is 10.0 Å². The van der Waals surface area contributed by atoms with Gasteiger partial charge in [-0.2, -0.15) is 0 Å². The minimum Gasteiger partial charge on any atom is -0.330 e. The van der Waals surface area contributed by atoms with Crippen molar-refractivity contribution in [1.82, 2.24) is 4.72 Å². The molecule has 0 radical (unpaired) electrons. The van der Waals surface area contributed by atoms with E-state index in [2.05, 4.69) is 4.72 Å². The Kier molecular flexibility index (Phi) is 4.71. The fourth-order valence-corrected chi connectivity index (χ4v) is 4.06. The number of nitrogens with one attached hydrogen (secondary N) is 1. The molecule has 1 aromatic heterocycles. The first-order valence-corrected chi connectivity index (χ1v) is 8.24. The Morgan fingerprint density at radius 1 is 1.11 bits per heavy atom. The Bertz CT molecular complexity index is 621. The van der Waals surface area contributed by atoms with Crippen LogP contribution >= 0.6 is 11.3 Å². The molecule has 6 heteroatoms. The highest BCUT2D eigenvalue weighted by molar-refractivity contribution is 7.91. The average molecular weight is 296 g/mol. The molecule has 2 aromatic rings. The third kappa shape index (κ3) is 3.87. The van der Waals surface area contributed by atoms with Crippen molar-refractivity contribution in [3.63, 3.8) is 0 Å². The molecule has 0 aliphatic carbocycles. The monoisotopic (exact) mass is 296 g/mol. The summed E-state index contributed by atoms with van der Waals surface area (Å²) in [7, 11) is -3.43. The summed E-state index contributed by atoms with van der Waals surface area (Å²) >= 11 is 1.27. The van der Waals surface area contributed by atoms with Gasteiger partial charge in [0.2, 0.25) is 10.0 Å². The number of hydrogen-bond donors (Lipinski definition) is 2. The lowest BCUT2D eigenvalue weighted by Gasteiger charge is -2.04. The maximum absolute atomic E-state index is 12.1. The number of nitrogens with two attached hydrogens (primary N) is 1. The standard InChI is InChI=1S/C13H16N2O2S2/c14-9-8-12-6-7-13(18-12)19(16,17)15-10-11-4-2-1-3-5-11/h1-7,15H,8-10,14H2. The van der Waals surface area contributed by atoms with Gasteiger partial charge in [0.1, 0.15) is 4.21 Å². The van der Waals surface area contributed by atoms with E-state index in [4.69, 9.17) is 5.73 Å². The first-order chi connectivity index (χ1) is 9.12. The van der Waals surface area contributed by atoms with Crippen LogP contribution in [0.15, 0.2) is 46.7 Å². The maximum Gasteiger partial charge on any atom is 0.250 e. The highest BCUT2D eigenvalue weighted by Gasteiger charge is 2.16. The van der Waals surface area contributed by atoms with Crippen molar-refractivity contribution in [2.24, 2.45) is 5.73 Å². The van der Waals surface area contributed by atoms with Gasteiger partial charge in [-0.1, -0.05) is 30.3 Å². The molecule has 0 amide bonds. The predicted octanol–water partition coefficient (Wildman–Crippen LogP) is 1.73. The Morgan fingerprint density at radius 3 is 2.53 bits per heavy atom. The van der Waals surface area contributed by atoms with E-state index in [-0.39, 0.29) is 0 Å². The summed E-state index contributed by atoms with van der Waals surface area (Å²) in [5.41, 5.74) is 6.39. The zero-order chi connectivity index (χ0) is 13.7. The van der Waals surface area contributed by atoms with Crippen molar-refractivity contribution in [2.45, 2.75) is 17.2 Å². The molecular weight excluding hydrogens is 280 g/mol. The van der Waals surface area contributed by atoms with Gasteiger partial charge < -0.3 is 5.73 Å². The van der Waals surface area contributed by atoms with Crippen LogP contribution < -0.4 is 10.5 Å². The van der Waals surface area contributed by atoms with Gasteiger partial charge in [0, 0.05) is 11.4 Å². The van der Waals surface area contributed by atoms with Crippen LogP contribution in [-0.2, 0) is 23.0 Å². The number of benzene rings is 1. The van der Waals surface area contributed by atoms with Crippen molar-refractivity contribution < 1.29 is 8.42 Å². The summed E-state index contributed by atoms with van der Waals surface area (Å²) in [5.74, 6) is 0. The minimum atomic E-state index is -3.43. The fraction of sp³-hybridized carbons (Fsp3) is 0.231. The molecule has 2 rings (SSSR count). The lowest BCUT2D eigenvalue weighted by Crippen LogP contribution is -2.22. The average Bonchev–Trinajstić information content (AvgIpc) is 2.88. The van der Waals surface area contributed by atoms with E-state index >= 15 is 0 Å². The summed E-state index contributed by atoms with van der Waals surface area (Å²) in [5, 5.41) is 0. The normalized spacial score (nSPS) is 11.6. The molecule has 0 saturated carbocycles. The summed E-state index contributed by atoms with van der Waals surface area (Å²) in [6, 6.07) is 12.9. The van der Waals surface area contributed by atoms with E-state index in [1.807, 2.05) is 36.4 Å². The van der Waals surface area contributed by atoms with E-state index in [0.717, 1.165) is 10.4 Å². The van der Waals surface area contributed by atoms with Crippen LogP contribution in [0.3, 0.4) is 0 Å². The van der Waals surface area contributed by atoms with Crippen LogP contribution in [0.4, 0.5) is 0 Å². The smallest absolute Gasteiger partial charge is 0.250 e.